The van der Waals surface area contributed by atoms with E-state index in [2.05, 4.69) is 17.6 Å². The third-order valence-corrected chi connectivity index (χ3v) is 3.90. The summed E-state index contributed by atoms with van der Waals surface area (Å²) in [6, 6.07) is 11.4. The Morgan fingerprint density at radius 2 is 1.90 bits per heavy atom. The molecule has 1 heterocycles. The van der Waals surface area contributed by atoms with E-state index in [-0.39, 0.29) is 18.2 Å². The Hall–Kier alpha value is -2.14. The van der Waals surface area contributed by atoms with Crippen molar-refractivity contribution >= 4 is 28.8 Å². The average molecular weight is 302 g/mol. The van der Waals surface area contributed by atoms with Gasteiger partial charge in [-0.1, -0.05) is 25.1 Å². The zero-order chi connectivity index (χ0) is 15.1. The van der Waals surface area contributed by atoms with Gasteiger partial charge in [0.25, 0.3) is 5.91 Å². The fourth-order valence-electron chi connectivity index (χ4n) is 1.83. The third kappa shape index (κ3) is 4.72. The topological polar surface area (TPSA) is 58.2 Å². The number of hydrogen-bond donors (Lipinski definition) is 2. The highest BCUT2D eigenvalue weighted by Gasteiger charge is 2.07. The van der Waals surface area contributed by atoms with Crippen LogP contribution in [0.4, 0.5) is 5.69 Å². The van der Waals surface area contributed by atoms with Crippen molar-refractivity contribution in [1.82, 2.24) is 5.32 Å². The van der Waals surface area contributed by atoms with E-state index in [1.807, 2.05) is 35.7 Å². The summed E-state index contributed by atoms with van der Waals surface area (Å²) in [5.74, 6) is -0.240. The molecule has 1 aromatic carbocycles. The number of amides is 2. The number of hydrogen-bond acceptors (Lipinski definition) is 3. The molecule has 1 aromatic heterocycles. The molecule has 0 aliphatic carbocycles. The van der Waals surface area contributed by atoms with Crippen molar-refractivity contribution < 1.29 is 9.59 Å². The summed E-state index contributed by atoms with van der Waals surface area (Å²) in [7, 11) is 0. The number of nitrogens with one attached hydrogen (secondary N) is 2. The predicted octanol–water partition coefficient (Wildman–Crippen LogP) is 3.07. The van der Waals surface area contributed by atoms with Gasteiger partial charge >= 0.3 is 0 Å². The van der Waals surface area contributed by atoms with Crippen LogP contribution in [0, 0.1) is 0 Å². The molecule has 0 aliphatic heterocycles. The second-order valence-corrected chi connectivity index (χ2v) is 5.53. The molecule has 5 heteroatoms. The number of anilines is 1. The summed E-state index contributed by atoms with van der Waals surface area (Å²) in [5, 5.41) is 7.39. The SMILES string of the molecule is CCc1ccc(NC(=O)CCNC(=O)c2cccs2)cc1. The van der Waals surface area contributed by atoms with Crippen molar-refractivity contribution in [3.05, 3.63) is 52.2 Å². The normalized spacial score (nSPS) is 10.1. The van der Waals surface area contributed by atoms with E-state index >= 15 is 0 Å². The molecule has 0 aliphatic rings. The zero-order valence-electron chi connectivity index (χ0n) is 11.9. The summed E-state index contributed by atoms with van der Waals surface area (Å²) in [6.07, 6.45) is 1.23. The fourth-order valence-corrected chi connectivity index (χ4v) is 2.47. The highest BCUT2D eigenvalue weighted by molar-refractivity contribution is 7.12. The fraction of sp³-hybridized carbons (Fsp3) is 0.250. The molecule has 0 bridgehead atoms. The second kappa shape index (κ2) is 7.59. The van der Waals surface area contributed by atoms with Gasteiger partial charge in [0.15, 0.2) is 0 Å². The number of benzene rings is 1. The lowest BCUT2D eigenvalue weighted by atomic mass is 10.1. The Labute approximate surface area is 128 Å². The van der Waals surface area contributed by atoms with E-state index in [0.29, 0.717) is 11.4 Å². The van der Waals surface area contributed by atoms with Crippen LogP contribution in [-0.4, -0.2) is 18.4 Å². The molecule has 2 rings (SSSR count). The molecular formula is C16H18N2O2S. The highest BCUT2D eigenvalue weighted by atomic mass is 32.1. The van der Waals surface area contributed by atoms with Crippen LogP contribution in [0.25, 0.3) is 0 Å². The zero-order valence-corrected chi connectivity index (χ0v) is 12.7. The van der Waals surface area contributed by atoms with E-state index in [0.717, 1.165) is 12.1 Å². The second-order valence-electron chi connectivity index (χ2n) is 4.58. The van der Waals surface area contributed by atoms with E-state index in [1.54, 1.807) is 6.07 Å². The van der Waals surface area contributed by atoms with Gasteiger partial charge in [-0.25, -0.2) is 0 Å². The summed E-state index contributed by atoms with van der Waals surface area (Å²) < 4.78 is 0. The summed E-state index contributed by atoms with van der Waals surface area (Å²) in [4.78, 5) is 24.1. The molecule has 2 aromatic rings. The van der Waals surface area contributed by atoms with E-state index in [9.17, 15) is 9.59 Å². The maximum absolute atomic E-state index is 11.8. The first-order valence-electron chi connectivity index (χ1n) is 6.89. The molecule has 0 unspecified atom stereocenters. The van der Waals surface area contributed by atoms with Gasteiger partial charge in [-0.3, -0.25) is 9.59 Å². The molecule has 110 valence electrons. The van der Waals surface area contributed by atoms with Gasteiger partial charge in [-0.2, -0.15) is 0 Å². The lowest BCUT2D eigenvalue weighted by Gasteiger charge is -2.07. The highest BCUT2D eigenvalue weighted by Crippen LogP contribution is 2.10. The Morgan fingerprint density at radius 3 is 2.52 bits per heavy atom. The molecule has 0 atom stereocenters. The molecule has 2 N–H and O–H groups in total. The number of carbonyl (C=O) groups excluding carboxylic acids is 2. The van der Waals surface area contributed by atoms with Gasteiger partial charge in [0.1, 0.15) is 0 Å². The summed E-state index contributed by atoms with van der Waals surface area (Å²) >= 11 is 1.38. The Balaban J connectivity index is 1.73. The van der Waals surface area contributed by atoms with Gasteiger partial charge in [-0.05, 0) is 35.6 Å². The monoisotopic (exact) mass is 302 g/mol. The van der Waals surface area contributed by atoms with Crippen LogP contribution < -0.4 is 10.6 Å². The van der Waals surface area contributed by atoms with Crippen molar-refractivity contribution in [1.29, 1.82) is 0 Å². The maximum Gasteiger partial charge on any atom is 0.261 e. The van der Waals surface area contributed by atoms with Gasteiger partial charge in [0, 0.05) is 18.7 Å². The van der Waals surface area contributed by atoms with Gasteiger partial charge < -0.3 is 10.6 Å². The van der Waals surface area contributed by atoms with Gasteiger partial charge in [0.05, 0.1) is 4.88 Å². The third-order valence-electron chi connectivity index (χ3n) is 3.03. The van der Waals surface area contributed by atoms with Crippen LogP contribution in [0.15, 0.2) is 41.8 Å². The minimum atomic E-state index is -0.134. The molecule has 21 heavy (non-hydrogen) atoms. The Bertz CT molecular complexity index is 591. The van der Waals surface area contributed by atoms with E-state index in [4.69, 9.17) is 0 Å². The molecule has 0 spiro atoms. The van der Waals surface area contributed by atoms with Crippen molar-refractivity contribution in [3.8, 4) is 0 Å². The first-order valence-corrected chi connectivity index (χ1v) is 7.77. The Morgan fingerprint density at radius 1 is 1.14 bits per heavy atom. The molecule has 0 fully saturated rings. The molecule has 4 nitrogen and oxygen atoms in total. The minimum absolute atomic E-state index is 0.106. The van der Waals surface area contributed by atoms with Crippen molar-refractivity contribution in [2.45, 2.75) is 19.8 Å². The van der Waals surface area contributed by atoms with Crippen LogP contribution in [-0.2, 0) is 11.2 Å². The summed E-state index contributed by atoms with van der Waals surface area (Å²) in [5.41, 5.74) is 2.01. The standard InChI is InChI=1S/C16H18N2O2S/c1-2-12-5-7-13(8-6-12)18-15(19)9-10-17-16(20)14-4-3-11-21-14/h3-8,11H,2,9-10H2,1H3,(H,17,20)(H,18,19). The minimum Gasteiger partial charge on any atom is -0.351 e. The lowest BCUT2D eigenvalue weighted by Crippen LogP contribution is -2.27. The molecule has 0 radical (unpaired) electrons. The van der Waals surface area contributed by atoms with E-state index < -0.39 is 0 Å². The number of thiophene rings is 1. The van der Waals surface area contributed by atoms with Crippen molar-refractivity contribution in [3.63, 3.8) is 0 Å². The Kier molecular flexibility index (Phi) is 5.51. The van der Waals surface area contributed by atoms with Crippen LogP contribution >= 0.6 is 11.3 Å². The first-order chi connectivity index (χ1) is 10.2. The summed E-state index contributed by atoms with van der Waals surface area (Å²) in [6.45, 7) is 2.42. The molecular weight excluding hydrogens is 284 g/mol. The maximum atomic E-state index is 11.8. The van der Waals surface area contributed by atoms with Gasteiger partial charge in [0.2, 0.25) is 5.91 Å². The number of rotatable bonds is 6. The largest absolute Gasteiger partial charge is 0.351 e. The van der Waals surface area contributed by atoms with Crippen molar-refractivity contribution in [2.24, 2.45) is 0 Å². The van der Waals surface area contributed by atoms with Crippen LogP contribution in [0.3, 0.4) is 0 Å². The van der Waals surface area contributed by atoms with Crippen LogP contribution in [0.5, 0.6) is 0 Å². The average Bonchev–Trinajstić information content (AvgIpc) is 3.02. The lowest BCUT2D eigenvalue weighted by molar-refractivity contribution is -0.116. The van der Waals surface area contributed by atoms with Gasteiger partial charge in [-0.15, -0.1) is 11.3 Å². The molecule has 0 saturated heterocycles. The number of aryl methyl sites for hydroxylation is 1. The van der Waals surface area contributed by atoms with Crippen LogP contribution in [0.2, 0.25) is 0 Å². The van der Waals surface area contributed by atoms with Crippen molar-refractivity contribution in [2.75, 3.05) is 11.9 Å². The smallest absolute Gasteiger partial charge is 0.261 e. The molecule has 0 saturated carbocycles. The molecule has 2 amide bonds. The van der Waals surface area contributed by atoms with Crippen LogP contribution in [0.1, 0.15) is 28.6 Å². The quantitative estimate of drug-likeness (QED) is 0.861. The van der Waals surface area contributed by atoms with E-state index in [1.165, 1.54) is 16.9 Å². The number of carbonyl (C=O) groups is 2. The predicted molar refractivity (Wildman–Crippen MR) is 85.7 cm³/mol. The first kappa shape index (κ1) is 15.3.